The summed E-state index contributed by atoms with van der Waals surface area (Å²) in [5.74, 6) is -0.666. The van der Waals surface area contributed by atoms with Crippen LogP contribution in [0.2, 0.25) is 0 Å². The van der Waals surface area contributed by atoms with Crippen molar-refractivity contribution in [3.8, 4) is 5.75 Å². The molecule has 1 amide bonds. The second-order valence-electron chi connectivity index (χ2n) is 7.65. The number of carbonyl (C=O) groups is 2. The van der Waals surface area contributed by atoms with Crippen LogP contribution in [0.4, 0.5) is 0 Å². The molecule has 0 bridgehead atoms. The summed E-state index contributed by atoms with van der Waals surface area (Å²) in [5.41, 5.74) is 1.03. The van der Waals surface area contributed by atoms with Crippen molar-refractivity contribution in [2.75, 3.05) is 25.2 Å². The van der Waals surface area contributed by atoms with Gasteiger partial charge in [-0.3, -0.25) is 4.79 Å². The Morgan fingerprint density at radius 2 is 1.81 bits per heavy atom. The molecule has 1 fully saturated rings. The molecule has 0 aliphatic carbocycles. The molecular weight excluding hydrogens is 434 g/mol. The van der Waals surface area contributed by atoms with Crippen molar-refractivity contribution < 1.29 is 31.9 Å². The summed E-state index contributed by atoms with van der Waals surface area (Å²) in [6.45, 7) is -0.429. The predicted octanol–water partition coefficient (Wildman–Crippen LogP) is 2.81. The van der Waals surface area contributed by atoms with E-state index in [1.54, 1.807) is 24.3 Å². The highest BCUT2D eigenvalue weighted by Gasteiger charge is 2.33. The van der Waals surface area contributed by atoms with E-state index in [1.165, 1.54) is 11.9 Å². The molecule has 0 spiro atoms. The molecule has 1 aliphatic heterocycles. The van der Waals surface area contributed by atoms with Crippen LogP contribution in [-0.4, -0.2) is 56.4 Å². The third kappa shape index (κ3) is 4.77. The van der Waals surface area contributed by atoms with Crippen molar-refractivity contribution in [3.05, 3.63) is 65.9 Å². The maximum Gasteiger partial charge on any atom is 0.375 e. The second-order valence-corrected chi connectivity index (χ2v) is 9.87. The summed E-state index contributed by atoms with van der Waals surface area (Å²) in [6, 6.07) is 15.9. The first-order valence-corrected chi connectivity index (χ1v) is 12.0. The van der Waals surface area contributed by atoms with Crippen LogP contribution in [0.15, 0.2) is 59.0 Å². The van der Waals surface area contributed by atoms with E-state index in [1.807, 2.05) is 30.3 Å². The largest absolute Gasteiger partial charge is 0.489 e. The third-order valence-electron chi connectivity index (χ3n) is 5.49. The third-order valence-corrected chi connectivity index (χ3v) is 7.24. The molecule has 1 atom stereocenters. The first-order valence-electron chi connectivity index (χ1n) is 10.2. The first-order chi connectivity index (χ1) is 15.3. The van der Waals surface area contributed by atoms with Crippen molar-refractivity contribution >= 4 is 32.7 Å². The van der Waals surface area contributed by atoms with E-state index < -0.39 is 34.4 Å². The molecule has 32 heavy (non-hydrogen) atoms. The minimum absolute atomic E-state index is 0.0268. The minimum atomic E-state index is -3.13. The molecule has 0 N–H and O–H groups in total. The van der Waals surface area contributed by atoms with E-state index in [-0.39, 0.29) is 23.9 Å². The Morgan fingerprint density at radius 1 is 1.09 bits per heavy atom. The number of para-hydroxylation sites is 2. The van der Waals surface area contributed by atoms with Crippen LogP contribution in [0, 0.1) is 0 Å². The molecule has 3 aromatic rings. The predicted molar refractivity (Wildman–Crippen MR) is 117 cm³/mol. The topological polar surface area (TPSA) is 103 Å². The van der Waals surface area contributed by atoms with Crippen LogP contribution in [0.25, 0.3) is 11.0 Å². The Labute approximate surface area is 185 Å². The molecule has 2 heterocycles. The van der Waals surface area contributed by atoms with E-state index in [9.17, 15) is 18.0 Å². The number of esters is 1. The molecule has 4 rings (SSSR count). The lowest BCUT2D eigenvalue weighted by molar-refractivity contribution is -0.134. The summed E-state index contributed by atoms with van der Waals surface area (Å²) in [4.78, 5) is 26.5. The lowest BCUT2D eigenvalue weighted by atomic mass is 10.1. The number of sulfone groups is 1. The number of rotatable bonds is 7. The summed E-state index contributed by atoms with van der Waals surface area (Å²) < 4.78 is 40.0. The summed E-state index contributed by atoms with van der Waals surface area (Å²) >= 11 is 0. The SMILES string of the molecule is CN(C(=O)COC(=O)c1oc2ccccc2c1COc1ccccc1)[C@@H]1CCS(=O)(=O)C1. The maximum absolute atomic E-state index is 12.8. The maximum atomic E-state index is 12.8. The van der Waals surface area contributed by atoms with Gasteiger partial charge in [0.05, 0.1) is 17.1 Å². The minimum Gasteiger partial charge on any atom is -0.489 e. The van der Waals surface area contributed by atoms with Gasteiger partial charge in [-0.25, -0.2) is 13.2 Å². The van der Waals surface area contributed by atoms with E-state index in [2.05, 4.69) is 0 Å². The van der Waals surface area contributed by atoms with Crippen molar-refractivity contribution in [1.82, 2.24) is 4.90 Å². The molecule has 168 valence electrons. The molecule has 1 saturated heterocycles. The molecule has 1 aliphatic rings. The van der Waals surface area contributed by atoms with Gasteiger partial charge in [0.2, 0.25) is 5.76 Å². The molecular formula is C23H23NO7S. The Balaban J connectivity index is 1.46. The number of hydrogen-bond acceptors (Lipinski definition) is 7. The average molecular weight is 458 g/mol. The highest BCUT2D eigenvalue weighted by molar-refractivity contribution is 7.91. The number of likely N-dealkylation sites (N-methyl/N-ethyl adjacent to an activating group) is 1. The number of nitrogens with zero attached hydrogens (tertiary/aromatic N) is 1. The fourth-order valence-electron chi connectivity index (χ4n) is 3.66. The number of furan rings is 1. The van der Waals surface area contributed by atoms with E-state index in [0.717, 1.165) is 5.39 Å². The summed E-state index contributed by atoms with van der Waals surface area (Å²) in [6.07, 6.45) is 0.378. The normalized spacial score (nSPS) is 17.2. The Morgan fingerprint density at radius 3 is 2.53 bits per heavy atom. The number of fused-ring (bicyclic) bond motifs is 1. The molecule has 8 nitrogen and oxygen atoms in total. The second kappa shape index (κ2) is 9.04. The molecule has 0 unspecified atom stereocenters. The van der Waals surface area contributed by atoms with Gasteiger partial charge in [-0.1, -0.05) is 36.4 Å². The number of amides is 1. The lowest BCUT2D eigenvalue weighted by Gasteiger charge is -2.23. The summed E-state index contributed by atoms with van der Waals surface area (Å²) in [7, 11) is -1.61. The van der Waals surface area contributed by atoms with Gasteiger partial charge in [-0.15, -0.1) is 0 Å². The van der Waals surface area contributed by atoms with E-state index in [0.29, 0.717) is 23.3 Å². The standard InChI is InChI=1S/C23H23NO7S/c1-24(16-11-12-32(27,28)15-16)21(25)14-30-23(26)22-19(13-29-17-7-3-2-4-8-17)18-9-5-6-10-20(18)31-22/h2-10,16H,11-15H2,1H3/t16-/m1/s1. The van der Waals surface area contributed by atoms with Crippen LogP contribution >= 0.6 is 0 Å². The Hall–Kier alpha value is -3.33. The van der Waals surface area contributed by atoms with Crippen molar-refractivity contribution in [2.45, 2.75) is 19.1 Å². The van der Waals surface area contributed by atoms with Crippen molar-refractivity contribution in [3.63, 3.8) is 0 Å². The van der Waals surface area contributed by atoms with Crippen LogP contribution in [-0.2, 0) is 26.0 Å². The lowest BCUT2D eigenvalue weighted by Crippen LogP contribution is -2.40. The van der Waals surface area contributed by atoms with Gasteiger partial charge < -0.3 is 18.8 Å². The quantitative estimate of drug-likeness (QED) is 0.503. The van der Waals surface area contributed by atoms with Gasteiger partial charge in [-0.05, 0) is 24.6 Å². The van der Waals surface area contributed by atoms with Crippen LogP contribution < -0.4 is 4.74 Å². The zero-order valence-corrected chi connectivity index (χ0v) is 18.3. The van der Waals surface area contributed by atoms with Gasteiger partial charge in [0, 0.05) is 18.5 Å². The Bertz CT molecular complexity index is 1230. The molecule has 0 radical (unpaired) electrons. The highest BCUT2D eigenvalue weighted by Crippen LogP contribution is 2.28. The van der Waals surface area contributed by atoms with Crippen LogP contribution in [0.5, 0.6) is 5.75 Å². The van der Waals surface area contributed by atoms with Crippen molar-refractivity contribution in [2.24, 2.45) is 0 Å². The van der Waals surface area contributed by atoms with Crippen molar-refractivity contribution in [1.29, 1.82) is 0 Å². The number of hydrogen-bond donors (Lipinski definition) is 0. The number of carbonyl (C=O) groups excluding carboxylic acids is 2. The van der Waals surface area contributed by atoms with Gasteiger partial charge in [-0.2, -0.15) is 0 Å². The zero-order valence-electron chi connectivity index (χ0n) is 17.5. The summed E-state index contributed by atoms with van der Waals surface area (Å²) in [5, 5.41) is 0.718. The van der Waals surface area contributed by atoms with Gasteiger partial charge >= 0.3 is 5.97 Å². The fraction of sp³-hybridized carbons (Fsp3) is 0.304. The number of ether oxygens (including phenoxy) is 2. The van der Waals surface area contributed by atoms with Gasteiger partial charge in [0.25, 0.3) is 5.91 Å². The molecule has 1 aromatic heterocycles. The smallest absolute Gasteiger partial charge is 0.375 e. The number of benzene rings is 2. The first kappa shape index (κ1) is 21.9. The fourth-order valence-corrected chi connectivity index (χ4v) is 5.43. The van der Waals surface area contributed by atoms with E-state index in [4.69, 9.17) is 13.9 Å². The van der Waals surface area contributed by atoms with E-state index >= 15 is 0 Å². The van der Waals surface area contributed by atoms with Gasteiger partial charge in [0.1, 0.15) is 17.9 Å². The van der Waals surface area contributed by atoms with Crippen LogP contribution in [0.1, 0.15) is 22.5 Å². The monoisotopic (exact) mass is 457 g/mol. The Kier molecular flexibility index (Phi) is 6.18. The zero-order chi connectivity index (χ0) is 22.7. The van der Waals surface area contributed by atoms with Gasteiger partial charge in [0.15, 0.2) is 16.4 Å². The molecule has 0 saturated carbocycles. The average Bonchev–Trinajstić information content (AvgIpc) is 3.35. The van der Waals surface area contributed by atoms with Crippen LogP contribution in [0.3, 0.4) is 0 Å². The molecule has 9 heteroatoms. The highest BCUT2D eigenvalue weighted by atomic mass is 32.2. The molecule has 2 aromatic carbocycles.